The average Bonchev–Trinajstić information content (AvgIpc) is 2.48. The van der Waals surface area contributed by atoms with Gasteiger partial charge in [-0.1, -0.05) is 13.8 Å². The highest BCUT2D eigenvalue weighted by Gasteiger charge is 2.37. The summed E-state index contributed by atoms with van der Waals surface area (Å²) in [4.78, 5) is 12.6. The van der Waals surface area contributed by atoms with E-state index >= 15 is 0 Å². The summed E-state index contributed by atoms with van der Waals surface area (Å²) in [6.45, 7) is 7.08. The maximum atomic E-state index is 12.6. The average molecular weight is 306 g/mol. The molecule has 1 fully saturated rings. The Morgan fingerprint density at radius 2 is 1.91 bits per heavy atom. The van der Waals surface area contributed by atoms with Gasteiger partial charge in [-0.05, 0) is 43.4 Å². The molecule has 0 saturated carbocycles. The molecular weight excluding hydrogens is 280 g/mol. The molecule has 0 radical (unpaired) electrons. The standard InChI is InChI=1S/C17H26N2O3/c1-11-9-13(21-4)14(22-5)10-12(11)19-16(20)15-17(2,3)7-6-8-18-15/h9-10,15,18H,6-8H2,1-5H3,(H,19,20). The summed E-state index contributed by atoms with van der Waals surface area (Å²) in [7, 11) is 3.19. The zero-order valence-corrected chi connectivity index (χ0v) is 14.1. The SMILES string of the molecule is COc1cc(C)c(NC(=O)C2NCCCC2(C)C)cc1OC. The van der Waals surface area contributed by atoms with Crippen LogP contribution in [0.3, 0.4) is 0 Å². The molecule has 122 valence electrons. The lowest BCUT2D eigenvalue weighted by atomic mass is 9.77. The third-order valence-electron chi connectivity index (χ3n) is 4.38. The first kappa shape index (κ1) is 16.6. The Hall–Kier alpha value is -1.75. The Morgan fingerprint density at radius 3 is 2.50 bits per heavy atom. The highest BCUT2D eigenvalue weighted by Crippen LogP contribution is 2.34. The van der Waals surface area contributed by atoms with E-state index in [1.807, 2.05) is 19.1 Å². The van der Waals surface area contributed by atoms with Crippen LogP contribution in [0.15, 0.2) is 12.1 Å². The monoisotopic (exact) mass is 306 g/mol. The minimum absolute atomic E-state index is 0.0000184. The molecule has 1 heterocycles. The number of ether oxygens (including phenoxy) is 2. The van der Waals surface area contributed by atoms with Gasteiger partial charge in [0.25, 0.3) is 0 Å². The van der Waals surface area contributed by atoms with Crippen LogP contribution in [-0.2, 0) is 4.79 Å². The van der Waals surface area contributed by atoms with Gasteiger partial charge in [-0.25, -0.2) is 0 Å². The van der Waals surface area contributed by atoms with E-state index in [9.17, 15) is 4.79 Å². The topological polar surface area (TPSA) is 59.6 Å². The van der Waals surface area contributed by atoms with E-state index in [1.165, 1.54) is 0 Å². The molecule has 22 heavy (non-hydrogen) atoms. The van der Waals surface area contributed by atoms with Gasteiger partial charge in [0.05, 0.1) is 20.3 Å². The Labute approximate surface area is 132 Å². The second-order valence-corrected chi connectivity index (χ2v) is 6.49. The van der Waals surface area contributed by atoms with E-state index < -0.39 is 0 Å². The lowest BCUT2D eigenvalue weighted by Gasteiger charge is -2.38. The van der Waals surface area contributed by atoms with Crippen LogP contribution >= 0.6 is 0 Å². The third-order valence-corrected chi connectivity index (χ3v) is 4.38. The number of benzene rings is 1. The summed E-state index contributed by atoms with van der Waals surface area (Å²) in [5, 5.41) is 6.36. The van der Waals surface area contributed by atoms with Gasteiger partial charge >= 0.3 is 0 Å². The van der Waals surface area contributed by atoms with E-state index in [1.54, 1.807) is 14.2 Å². The minimum atomic E-state index is -0.186. The molecule has 1 aromatic carbocycles. The zero-order chi connectivity index (χ0) is 16.3. The molecule has 1 aliphatic rings. The van der Waals surface area contributed by atoms with Crippen LogP contribution in [0.25, 0.3) is 0 Å². The summed E-state index contributed by atoms with van der Waals surface area (Å²) in [6, 6.07) is 3.49. The highest BCUT2D eigenvalue weighted by atomic mass is 16.5. The number of methoxy groups -OCH3 is 2. The molecule has 1 atom stereocenters. The first-order chi connectivity index (χ1) is 10.4. The van der Waals surface area contributed by atoms with Crippen molar-refractivity contribution in [3.05, 3.63) is 17.7 Å². The van der Waals surface area contributed by atoms with Crippen LogP contribution in [0.2, 0.25) is 0 Å². The Morgan fingerprint density at radius 1 is 1.27 bits per heavy atom. The molecule has 5 heteroatoms. The van der Waals surface area contributed by atoms with Crippen molar-refractivity contribution in [2.45, 2.75) is 39.7 Å². The lowest BCUT2D eigenvalue weighted by molar-refractivity contribution is -0.121. The number of carbonyl (C=O) groups excluding carboxylic acids is 1. The number of aryl methyl sites for hydroxylation is 1. The first-order valence-electron chi connectivity index (χ1n) is 7.66. The number of piperidine rings is 1. The van der Waals surface area contributed by atoms with E-state index in [4.69, 9.17) is 9.47 Å². The smallest absolute Gasteiger partial charge is 0.242 e. The number of hydrogen-bond acceptors (Lipinski definition) is 4. The molecule has 1 aliphatic heterocycles. The molecule has 0 aromatic heterocycles. The van der Waals surface area contributed by atoms with Gasteiger partial charge < -0.3 is 20.1 Å². The summed E-state index contributed by atoms with van der Waals surface area (Å²) in [5.41, 5.74) is 1.65. The molecule has 0 spiro atoms. The van der Waals surface area contributed by atoms with Crippen molar-refractivity contribution in [3.63, 3.8) is 0 Å². The van der Waals surface area contributed by atoms with Crippen LogP contribution in [-0.4, -0.2) is 32.7 Å². The quantitative estimate of drug-likeness (QED) is 0.898. The van der Waals surface area contributed by atoms with Crippen molar-refractivity contribution in [1.29, 1.82) is 0 Å². The van der Waals surface area contributed by atoms with Gasteiger partial charge in [-0.15, -0.1) is 0 Å². The number of amides is 1. The van der Waals surface area contributed by atoms with E-state index in [2.05, 4.69) is 24.5 Å². The first-order valence-corrected chi connectivity index (χ1v) is 7.66. The molecule has 2 N–H and O–H groups in total. The summed E-state index contributed by atoms with van der Waals surface area (Å²) < 4.78 is 10.6. The molecule has 5 nitrogen and oxygen atoms in total. The molecule has 1 unspecified atom stereocenters. The van der Waals surface area contributed by atoms with E-state index in [-0.39, 0.29) is 17.4 Å². The fraction of sp³-hybridized carbons (Fsp3) is 0.588. The van der Waals surface area contributed by atoms with Gasteiger partial charge in [-0.3, -0.25) is 4.79 Å². The predicted octanol–water partition coefficient (Wildman–Crippen LogP) is 2.73. The fourth-order valence-electron chi connectivity index (χ4n) is 2.98. The zero-order valence-electron chi connectivity index (χ0n) is 14.1. The number of nitrogens with one attached hydrogen (secondary N) is 2. The highest BCUT2D eigenvalue weighted by molar-refractivity contribution is 5.96. The third kappa shape index (κ3) is 3.35. The van der Waals surface area contributed by atoms with Crippen molar-refractivity contribution in [1.82, 2.24) is 5.32 Å². The molecule has 1 aromatic rings. The summed E-state index contributed by atoms with van der Waals surface area (Å²) in [6.07, 6.45) is 2.15. The van der Waals surface area contributed by atoms with Crippen molar-refractivity contribution in [2.75, 3.05) is 26.1 Å². The van der Waals surface area contributed by atoms with Crippen molar-refractivity contribution in [2.24, 2.45) is 5.41 Å². The number of anilines is 1. The molecule has 2 rings (SSSR count). The predicted molar refractivity (Wildman–Crippen MR) is 87.7 cm³/mol. The number of carbonyl (C=O) groups is 1. The molecule has 1 saturated heterocycles. The largest absolute Gasteiger partial charge is 0.493 e. The van der Waals surface area contributed by atoms with Crippen LogP contribution in [0.5, 0.6) is 11.5 Å². The fourth-order valence-corrected chi connectivity index (χ4v) is 2.98. The van der Waals surface area contributed by atoms with E-state index in [0.29, 0.717) is 11.5 Å². The summed E-state index contributed by atoms with van der Waals surface area (Å²) in [5.74, 6) is 1.27. The normalized spacial score (nSPS) is 20.3. The molecule has 0 aliphatic carbocycles. The molecule has 1 amide bonds. The summed E-state index contributed by atoms with van der Waals surface area (Å²) >= 11 is 0. The van der Waals surface area contributed by atoms with Crippen LogP contribution in [0.1, 0.15) is 32.3 Å². The Bertz CT molecular complexity index is 555. The Kier molecular flexibility index (Phi) is 4.96. The molecular formula is C17H26N2O3. The minimum Gasteiger partial charge on any atom is -0.493 e. The molecule has 0 bridgehead atoms. The second kappa shape index (κ2) is 6.57. The van der Waals surface area contributed by atoms with Gasteiger partial charge in [0.2, 0.25) is 5.91 Å². The van der Waals surface area contributed by atoms with Gasteiger partial charge in [0.1, 0.15) is 0 Å². The second-order valence-electron chi connectivity index (χ2n) is 6.49. The number of rotatable bonds is 4. The van der Waals surface area contributed by atoms with Gasteiger partial charge in [0.15, 0.2) is 11.5 Å². The van der Waals surface area contributed by atoms with Gasteiger partial charge in [-0.2, -0.15) is 0 Å². The Balaban J connectivity index is 2.21. The van der Waals surface area contributed by atoms with E-state index in [0.717, 1.165) is 30.6 Å². The van der Waals surface area contributed by atoms with Gasteiger partial charge in [0, 0.05) is 11.8 Å². The number of hydrogen-bond donors (Lipinski definition) is 2. The van der Waals surface area contributed by atoms with Crippen LogP contribution in [0.4, 0.5) is 5.69 Å². The van der Waals surface area contributed by atoms with Crippen molar-refractivity contribution < 1.29 is 14.3 Å². The maximum Gasteiger partial charge on any atom is 0.242 e. The van der Waals surface area contributed by atoms with Crippen LogP contribution < -0.4 is 20.1 Å². The maximum absolute atomic E-state index is 12.6. The lowest BCUT2D eigenvalue weighted by Crippen LogP contribution is -2.53. The van der Waals surface area contributed by atoms with Crippen molar-refractivity contribution >= 4 is 11.6 Å². The van der Waals surface area contributed by atoms with Crippen LogP contribution in [0, 0.1) is 12.3 Å². The van der Waals surface area contributed by atoms with Crippen molar-refractivity contribution in [3.8, 4) is 11.5 Å².